The number of hydrogen-bond acceptors (Lipinski definition) is 3. The molecule has 0 bridgehead atoms. The molecule has 0 atom stereocenters. The van der Waals surface area contributed by atoms with Gasteiger partial charge in [0, 0.05) is 5.56 Å². The monoisotopic (exact) mass is 236 g/mol. The van der Waals surface area contributed by atoms with E-state index in [1.54, 1.807) is 0 Å². The summed E-state index contributed by atoms with van der Waals surface area (Å²) in [5.74, 6) is 0.936. The molecule has 3 nitrogen and oxygen atoms in total. The van der Waals surface area contributed by atoms with Crippen LogP contribution >= 0.6 is 0 Å². The molecule has 0 radical (unpaired) electrons. The van der Waals surface area contributed by atoms with E-state index in [4.69, 9.17) is 14.2 Å². The summed E-state index contributed by atoms with van der Waals surface area (Å²) in [6.45, 7) is 6.37. The van der Waals surface area contributed by atoms with E-state index in [-0.39, 0.29) is 6.29 Å². The molecule has 1 aromatic carbocycles. The molecule has 0 N–H and O–H groups in total. The lowest BCUT2D eigenvalue weighted by Crippen LogP contribution is -2.04. The van der Waals surface area contributed by atoms with Gasteiger partial charge in [-0.15, -0.1) is 0 Å². The van der Waals surface area contributed by atoms with E-state index in [9.17, 15) is 0 Å². The summed E-state index contributed by atoms with van der Waals surface area (Å²) < 4.78 is 16.7. The van der Waals surface area contributed by atoms with Crippen LogP contribution in [-0.2, 0) is 15.9 Å². The Balaban J connectivity index is 2.15. The van der Waals surface area contributed by atoms with Crippen molar-refractivity contribution in [3.8, 4) is 5.75 Å². The lowest BCUT2D eigenvalue weighted by molar-refractivity contribution is -0.0447. The summed E-state index contributed by atoms with van der Waals surface area (Å²) in [4.78, 5) is 0. The third-order valence-electron chi connectivity index (χ3n) is 2.84. The van der Waals surface area contributed by atoms with Crippen molar-refractivity contribution in [2.24, 2.45) is 0 Å². The molecule has 0 aliphatic carbocycles. The molecule has 1 aliphatic heterocycles. The standard InChI is InChI=1S/C14H20O3/c1-3-7-15-12-5-6-13(11(4-2)10-12)14-16-8-9-17-14/h5-6,10,14H,3-4,7-9H2,1-2H3. The Morgan fingerprint density at radius 1 is 1.24 bits per heavy atom. The third kappa shape index (κ3) is 2.99. The van der Waals surface area contributed by atoms with Crippen LogP contribution in [0.5, 0.6) is 5.75 Å². The Morgan fingerprint density at radius 3 is 2.65 bits per heavy atom. The van der Waals surface area contributed by atoms with Crippen molar-refractivity contribution in [3.63, 3.8) is 0 Å². The topological polar surface area (TPSA) is 27.7 Å². The van der Waals surface area contributed by atoms with E-state index < -0.39 is 0 Å². The lowest BCUT2D eigenvalue weighted by Gasteiger charge is -2.15. The van der Waals surface area contributed by atoms with Crippen molar-refractivity contribution < 1.29 is 14.2 Å². The zero-order valence-electron chi connectivity index (χ0n) is 10.6. The SMILES string of the molecule is CCCOc1ccc(C2OCCO2)c(CC)c1. The molecule has 1 heterocycles. The average Bonchev–Trinajstić information content (AvgIpc) is 2.89. The first-order valence-corrected chi connectivity index (χ1v) is 6.34. The Bertz CT molecular complexity index is 356. The van der Waals surface area contributed by atoms with E-state index in [1.165, 1.54) is 5.56 Å². The second-order valence-corrected chi connectivity index (χ2v) is 4.14. The van der Waals surface area contributed by atoms with Gasteiger partial charge in [-0.2, -0.15) is 0 Å². The smallest absolute Gasteiger partial charge is 0.184 e. The highest BCUT2D eigenvalue weighted by Gasteiger charge is 2.20. The van der Waals surface area contributed by atoms with E-state index >= 15 is 0 Å². The van der Waals surface area contributed by atoms with Crippen LogP contribution in [0.4, 0.5) is 0 Å². The molecule has 0 spiro atoms. The van der Waals surface area contributed by atoms with Gasteiger partial charge in [0.1, 0.15) is 5.75 Å². The van der Waals surface area contributed by atoms with Crippen LogP contribution in [0.15, 0.2) is 18.2 Å². The Kier molecular flexibility index (Phi) is 4.40. The zero-order valence-corrected chi connectivity index (χ0v) is 10.6. The number of benzene rings is 1. The van der Waals surface area contributed by atoms with Gasteiger partial charge in [-0.25, -0.2) is 0 Å². The highest BCUT2D eigenvalue weighted by molar-refractivity contribution is 5.36. The minimum absolute atomic E-state index is 0.190. The molecule has 17 heavy (non-hydrogen) atoms. The molecule has 1 aromatic rings. The Hall–Kier alpha value is -1.06. The number of ether oxygens (including phenoxy) is 3. The highest BCUT2D eigenvalue weighted by Crippen LogP contribution is 2.29. The first kappa shape index (κ1) is 12.4. The van der Waals surface area contributed by atoms with Gasteiger partial charge in [0.15, 0.2) is 6.29 Å². The maximum absolute atomic E-state index is 5.63. The molecule has 0 aromatic heterocycles. The zero-order chi connectivity index (χ0) is 12.1. The van der Waals surface area contributed by atoms with Gasteiger partial charge in [-0.3, -0.25) is 0 Å². The van der Waals surface area contributed by atoms with E-state index in [1.807, 2.05) is 6.07 Å². The molecular formula is C14H20O3. The number of aryl methyl sites for hydroxylation is 1. The molecule has 3 heteroatoms. The predicted octanol–water partition coefficient (Wildman–Crippen LogP) is 3.08. The normalized spacial score (nSPS) is 16.4. The van der Waals surface area contributed by atoms with E-state index in [0.717, 1.165) is 30.8 Å². The molecule has 1 fully saturated rings. The average molecular weight is 236 g/mol. The first-order chi connectivity index (χ1) is 8.35. The van der Waals surface area contributed by atoms with Crippen molar-refractivity contribution in [1.29, 1.82) is 0 Å². The Labute approximate surface area is 103 Å². The van der Waals surface area contributed by atoms with Crippen molar-refractivity contribution in [2.45, 2.75) is 33.0 Å². The van der Waals surface area contributed by atoms with Gasteiger partial charge in [0.2, 0.25) is 0 Å². The van der Waals surface area contributed by atoms with Gasteiger partial charge in [0.05, 0.1) is 19.8 Å². The van der Waals surface area contributed by atoms with Crippen LogP contribution < -0.4 is 4.74 Å². The molecule has 0 amide bonds. The number of hydrogen-bond donors (Lipinski definition) is 0. The summed E-state index contributed by atoms with van der Waals surface area (Å²) in [6.07, 6.45) is 1.80. The summed E-state index contributed by atoms with van der Waals surface area (Å²) >= 11 is 0. The van der Waals surface area contributed by atoms with Gasteiger partial charge in [0.25, 0.3) is 0 Å². The van der Waals surface area contributed by atoms with Crippen LogP contribution in [0, 0.1) is 0 Å². The third-order valence-corrected chi connectivity index (χ3v) is 2.84. The van der Waals surface area contributed by atoms with Gasteiger partial charge in [-0.1, -0.05) is 19.9 Å². The highest BCUT2D eigenvalue weighted by atomic mass is 16.7. The van der Waals surface area contributed by atoms with Gasteiger partial charge >= 0.3 is 0 Å². The second-order valence-electron chi connectivity index (χ2n) is 4.14. The van der Waals surface area contributed by atoms with Crippen molar-refractivity contribution in [3.05, 3.63) is 29.3 Å². The molecule has 94 valence electrons. The molecule has 2 rings (SSSR count). The Morgan fingerprint density at radius 2 is 2.00 bits per heavy atom. The van der Waals surface area contributed by atoms with Crippen LogP contribution in [0.3, 0.4) is 0 Å². The lowest BCUT2D eigenvalue weighted by atomic mass is 10.0. The summed E-state index contributed by atoms with van der Waals surface area (Å²) in [7, 11) is 0. The minimum Gasteiger partial charge on any atom is -0.494 e. The molecular weight excluding hydrogens is 216 g/mol. The first-order valence-electron chi connectivity index (χ1n) is 6.34. The van der Waals surface area contributed by atoms with Crippen molar-refractivity contribution in [2.75, 3.05) is 19.8 Å². The second kappa shape index (κ2) is 6.03. The summed E-state index contributed by atoms with van der Waals surface area (Å²) in [6, 6.07) is 6.14. The minimum atomic E-state index is -0.190. The van der Waals surface area contributed by atoms with Gasteiger partial charge in [-0.05, 0) is 30.5 Å². The fraction of sp³-hybridized carbons (Fsp3) is 0.571. The molecule has 0 unspecified atom stereocenters. The van der Waals surface area contributed by atoms with Crippen LogP contribution in [0.1, 0.15) is 37.7 Å². The van der Waals surface area contributed by atoms with Crippen molar-refractivity contribution in [1.82, 2.24) is 0 Å². The molecule has 1 aliphatic rings. The van der Waals surface area contributed by atoms with Crippen LogP contribution in [0.25, 0.3) is 0 Å². The largest absolute Gasteiger partial charge is 0.494 e. The number of rotatable bonds is 5. The maximum Gasteiger partial charge on any atom is 0.184 e. The quantitative estimate of drug-likeness (QED) is 0.786. The maximum atomic E-state index is 5.63. The van der Waals surface area contributed by atoms with Crippen LogP contribution in [0.2, 0.25) is 0 Å². The predicted molar refractivity (Wildman–Crippen MR) is 66.3 cm³/mol. The van der Waals surface area contributed by atoms with Crippen LogP contribution in [-0.4, -0.2) is 19.8 Å². The molecule has 1 saturated heterocycles. The van der Waals surface area contributed by atoms with E-state index in [0.29, 0.717) is 13.2 Å². The van der Waals surface area contributed by atoms with E-state index in [2.05, 4.69) is 26.0 Å². The molecule has 0 saturated carbocycles. The van der Waals surface area contributed by atoms with Gasteiger partial charge < -0.3 is 14.2 Å². The fourth-order valence-corrected chi connectivity index (χ4v) is 1.97. The summed E-state index contributed by atoms with van der Waals surface area (Å²) in [5.41, 5.74) is 2.37. The van der Waals surface area contributed by atoms with Crippen molar-refractivity contribution >= 4 is 0 Å². The summed E-state index contributed by atoms with van der Waals surface area (Å²) in [5, 5.41) is 0. The fourth-order valence-electron chi connectivity index (χ4n) is 1.97.